The van der Waals surface area contributed by atoms with E-state index in [-0.39, 0.29) is 11.7 Å². The molecule has 0 aliphatic carbocycles. The van der Waals surface area contributed by atoms with Crippen LogP contribution < -0.4 is 5.43 Å². The van der Waals surface area contributed by atoms with Gasteiger partial charge in [0.1, 0.15) is 5.76 Å². The lowest BCUT2D eigenvalue weighted by Crippen LogP contribution is -2.19. The van der Waals surface area contributed by atoms with Crippen molar-refractivity contribution in [3.8, 4) is 0 Å². The second kappa shape index (κ2) is 7.37. The highest BCUT2D eigenvalue weighted by molar-refractivity contribution is 9.10. The molecule has 8 heteroatoms. The first-order chi connectivity index (χ1) is 10.0. The van der Waals surface area contributed by atoms with Crippen LogP contribution in [0.25, 0.3) is 0 Å². The van der Waals surface area contributed by atoms with Gasteiger partial charge in [0.25, 0.3) is 5.91 Å². The summed E-state index contributed by atoms with van der Waals surface area (Å²) in [4.78, 5) is 20.1. The Labute approximate surface area is 134 Å². The molecule has 0 saturated heterocycles. The van der Waals surface area contributed by atoms with Crippen molar-refractivity contribution in [1.29, 1.82) is 0 Å². The van der Waals surface area contributed by atoms with E-state index in [9.17, 15) is 4.79 Å². The molecule has 0 radical (unpaired) electrons. The summed E-state index contributed by atoms with van der Waals surface area (Å²) in [7, 11) is 0. The van der Waals surface area contributed by atoms with Crippen molar-refractivity contribution < 1.29 is 9.21 Å². The van der Waals surface area contributed by atoms with Crippen LogP contribution in [0.2, 0.25) is 0 Å². The van der Waals surface area contributed by atoms with Gasteiger partial charge in [-0.1, -0.05) is 11.8 Å². The van der Waals surface area contributed by atoms with Crippen LogP contribution in [0.5, 0.6) is 0 Å². The number of thioether (sulfide) groups is 1. The van der Waals surface area contributed by atoms with E-state index in [1.165, 1.54) is 18.0 Å². The number of furan rings is 1. The first kappa shape index (κ1) is 15.7. The number of carbonyl (C=O) groups is 1. The van der Waals surface area contributed by atoms with Crippen molar-refractivity contribution in [1.82, 2.24) is 15.4 Å². The molecule has 0 fully saturated rings. The van der Waals surface area contributed by atoms with E-state index < -0.39 is 0 Å². The van der Waals surface area contributed by atoms with Crippen LogP contribution in [0, 0.1) is 13.8 Å². The number of halogens is 1. The predicted octanol–water partition coefficient (Wildman–Crippen LogP) is 2.69. The minimum atomic E-state index is -0.232. The highest BCUT2D eigenvalue weighted by Gasteiger charge is 2.05. The Balaban J connectivity index is 1.80. The van der Waals surface area contributed by atoms with Crippen LogP contribution in [0.3, 0.4) is 0 Å². The number of amides is 1. The Morgan fingerprint density at radius 3 is 2.76 bits per heavy atom. The molecular formula is C13H13BrN4O2S. The van der Waals surface area contributed by atoms with Gasteiger partial charge in [-0.25, -0.2) is 15.4 Å². The molecule has 0 aromatic carbocycles. The zero-order chi connectivity index (χ0) is 15.2. The molecular weight excluding hydrogens is 356 g/mol. The zero-order valence-corrected chi connectivity index (χ0v) is 13.9. The molecule has 110 valence electrons. The molecule has 0 aliphatic heterocycles. The first-order valence-corrected chi connectivity index (χ1v) is 7.83. The number of rotatable bonds is 5. The Morgan fingerprint density at radius 2 is 2.14 bits per heavy atom. The van der Waals surface area contributed by atoms with Crippen molar-refractivity contribution in [3.63, 3.8) is 0 Å². The van der Waals surface area contributed by atoms with Crippen LogP contribution in [0.1, 0.15) is 17.1 Å². The van der Waals surface area contributed by atoms with Gasteiger partial charge < -0.3 is 4.42 Å². The number of nitrogens with one attached hydrogen (secondary N) is 1. The van der Waals surface area contributed by atoms with Crippen LogP contribution in [0.15, 0.2) is 37.5 Å². The van der Waals surface area contributed by atoms with Gasteiger partial charge >= 0.3 is 0 Å². The Bertz CT molecular complexity index is 652. The molecule has 21 heavy (non-hydrogen) atoms. The normalized spacial score (nSPS) is 11.0. The molecule has 0 bridgehead atoms. The van der Waals surface area contributed by atoms with Crippen molar-refractivity contribution in [2.45, 2.75) is 19.0 Å². The highest BCUT2D eigenvalue weighted by Crippen LogP contribution is 2.14. The third-order valence-electron chi connectivity index (χ3n) is 2.27. The fourth-order valence-corrected chi connectivity index (χ4v) is 2.55. The van der Waals surface area contributed by atoms with Gasteiger partial charge in [0, 0.05) is 11.4 Å². The van der Waals surface area contributed by atoms with E-state index in [2.05, 4.69) is 36.4 Å². The lowest BCUT2D eigenvalue weighted by molar-refractivity contribution is -0.118. The van der Waals surface area contributed by atoms with Crippen molar-refractivity contribution in [2.75, 3.05) is 5.75 Å². The van der Waals surface area contributed by atoms with E-state index in [4.69, 9.17) is 4.42 Å². The first-order valence-electron chi connectivity index (χ1n) is 6.05. The summed E-state index contributed by atoms with van der Waals surface area (Å²) in [6, 6.07) is 5.37. The monoisotopic (exact) mass is 368 g/mol. The smallest absolute Gasteiger partial charge is 0.250 e. The lowest BCUT2D eigenvalue weighted by Gasteiger charge is -2.02. The van der Waals surface area contributed by atoms with Gasteiger partial charge in [0.2, 0.25) is 0 Å². The number of hydrogen-bond donors (Lipinski definition) is 1. The quantitative estimate of drug-likeness (QED) is 0.379. The van der Waals surface area contributed by atoms with Crippen LogP contribution >= 0.6 is 27.7 Å². The maximum absolute atomic E-state index is 11.6. The maximum atomic E-state index is 11.6. The van der Waals surface area contributed by atoms with Gasteiger partial charge in [-0.3, -0.25) is 4.79 Å². The molecule has 2 aromatic heterocycles. The minimum Gasteiger partial charge on any atom is -0.448 e. The molecule has 1 N–H and O–H groups in total. The molecule has 0 spiro atoms. The zero-order valence-electron chi connectivity index (χ0n) is 11.5. The largest absolute Gasteiger partial charge is 0.448 e. The fraction of sp³-hybridized carbons (Fsp3) is 0.231. The maximum Gasteiger partial charge on any atom is 0.250 e. The van der Waals surface area contributed by atoms with E-state index in [0.717, 1.165) is 11.4 Å². The molecule has 2 heterocycles. The number of carbonyl (C=O) groups excluding carboxylic acids is 1. The molecule has 0 atom stereocenters. The molecule has 2 aromatic rings. The Kier molecular flexibility index (Phi) is 5.51. The summed E-state index contributed by atoms with van der Waals surface area (Å²) >= 11 is 4.45. The third kappa shape index (κ3) is 5.31. The molecule has 0 unspecified atom stereocenters. The predicted molar refractivity (Wildman–Crippen MR) is 84.4 cm³/mol. The average molecular weight is 369 g/mol. The van der Waals surface area contributed by atoms with Crippen molar-refractivity contribution >= 4 is 39.8 Å². The van der Waals surface area contributed by atoms with Gasteiger partial charge in [-0.2, -0.15) is 5.10 Å². The number of aromatic nitrogens is 2. The molecule has 2 rings (SSSR count). The molecule has 1 amide bonds. The Morgan fingerprint density at radius 1 is 1.43 bits per heavy atom. The summed E-state index contributed by atoms with van der Waals surface area (Å²) < 4.78 is 5.82. The Hall–Kier alpha value is -1.67. The minimum absolute atomic E-state index is 0.197. The second-order valence-corrected chi connectivity index (χ2v) is 5.88. The number of aryl methyl sites for hydroxylation is 2. The van der Waals surface area contributed by atoms with Crippen LogP contribution in [-0.2, 0) is 4.79 Å². The average Bonchev–Trinajstić information content (AvgIpc) is 2.81. The van der Waals surface area contributed by atoms with E-state index in [0.29, 0.717) is 15.6 Å². The topological polar surface area (TPSA) is 80.4 Å². The summed E-state index contributed by atoms with van der Waals surface area (Å²) in [5, 5.41) is 4.39. The van der Waals surface area contributed by atoms with Gasteiger partial charge in [0.15, 0.2) is 9.83 Å². The lowest BCUT2D eigenvalue weighted by atomic mass is 10.4. The fourth-order valence-electron chi connectivity index (χ4n) is 1.49. The number of hydrogen-bond acceptors (Lipinski definition) is 6. The van der Waals surface area contributed by atoms with Gasteiger partial charge in [-0.05, 0) is 48.0 Å². The van der Waals surface area contributed by atoms with Crippen LogP contribution in [0.4, 0.5) is 0 Å². The highest BCUT2D eigenvalue weighted by atomic mass is 79.9. The number of hydrazone groups is 1. The van der Waals surface area contributed by atoms with Crippen LogP contribution in [-0.4, -0.2) is 27.8 Å². The molecule has 6 nitrogen and oxygen atoms in total. The van der Waals surface area contributed by atoms with E-state index in [1.54, 1.807) is 12.1 Å². The standard InChI is InChI=1S/C13H13BrN4O2S/c1-8-5-9(2)17-13(16-8)21-7-12(19)18-15-6-10-3-4-11(14)20-10/h3-6H,7H2,1-2H3,(H,18,19)/b15-6-. The second-order valence-electron chi connectivity index (χ2n) is 4.16. The number of nitrogens with zero attached hydrogens (tertiary/aromatic N) is 3. The summed E-state index contributed by atoms with van der Waals surface area (Å²) in [6.07, 6.45) is 1.43. The third-order valence-corrected chi connectivity index (χ3v) is 3.54. The summed E-state index contributed by atoms with van der Waals surface area (Å²) in [6.45, 7) is 3.79. The van der Waals surface area contributed by atoms with Gasteiger partial charge in [-0.15, -0.1) is 0 Å². The summed E-state index contributed by atoms with van der Waals surface area (Å²) in [5.41, 5.74) is 4.18. The molecule has 0 aliphatic rings. The SMILES string of the molecule is Cc1cc(C)nc(SCC(=O)N/N=C\c2ccc(Br)o2)n1. The van der Waals surface area contributed by atoms with Crippen molar-refractivity contribution in [2.24, 2.45) is 5.10 Å². The van der Waals surface area contributed by atoms with Crippen molar-refractivity contribution in [3.05, 3.63) is 40.0 Å². The van der Waals surface area contributed by atoms with E-state index in [1.807, 2.05) is 19.9 Å². The molecule has 0 saturated carbocycles. The van der Waals surface area contributed by atoms with Gasteiger partial charge in [0.05, 0.1) is 12.0 Å². The summed E-state index contributed by atoms with van der Waals surface area (Å²) in [5.74, 6) is 0.513. The van der Waals surface area contributed by atoms with E-state index >= 15 is 0 Å².